The summed E-state index contributed by atoms with van der Waals surface area (Å²) in [4.78, 5) is 36.6. The van der Waals surface area contributed by atoms with Crippen molar-refractivity contribution in [2.45, 2.75) is 50.9 Å². The number of hydrogen-bond donors (Lipinski definition) is 4. The molecule has 0 saturated heterocycles. The molecule has 0 aliphatic rings. The number of benzene rings is 2. The third-order valence-electron chi connectivity index (χ3n) is 5.75. The van der Waals surface area contributed by atoms with Gasteiger partial charge < -0.3 is 25.3 Å². The van der Waals surface area contributed by atoms with E-state index in [4.69, 9.17) is 4.43 Å². The van der Waals surface area contributed by atoms with Crippen molar-refractivity contribution in [2.75, 3.05) is 6.61 Å². The van der Waals surface area contributed by atoms with Gasteiger partial charge in [-0.1, -0.05) is 88.0 Å². The number of hydrogen-bond acceptors (Lipinski definition) is 5. The summed E-state index contributed by atoms with van der Waals surface area (Å²) in [6, 6.07) is 16.6. The number of amides is 2. The summed E-state index contributed by atoms with van der Waals surface area (Å²) in [5.74, 6) is -2.80. The fraction of sp³-hybridized carbons (Fsp3) is 0.346. The fourth-order valence-electron chi connectivity index (χ4n) is 4.02. The van der Waals surface area contributed by atoms with Gasteiger partial charge in [0.05, 0.1) is 12.7 Å². The molecule has 188 valence electrons. The van der Waals surface area contributed by atoms with Crippen molar-refractivity contribution in [3.8, 4) is 0 Å². The van der Waals surface area contributed by atoms with Crippen LogP contribution in [0.4, 0.5) is 0 Å². The molecular formula is C26H34N2O6Si. The summed E-state index contributed by atoms with van der Waals surface area (Å²) in [5, 5.41) is 26.1. The second kappa shape index (κ2) is 11.9. The molecule has 8 nitrogen and oxygen atoms in total. The molecule has 0 aliphatic heterocycles. The molecular weight excluding hydrogens is 464 g/mol. The summed E-state index contributed by atoms with van der Waals surface area (Å²) < 4.78 is 6.61. The van der Waals surface area contributed by atoms with Gasteiger partial charge in [0, 0.05) is 0 Å². The average Bonchev–Trinajstić information content (AvgIpc) is 2.81. The molecule has 9 heteroatoms. The third kappa shape index (κ3) is 6.65. The minimum atomic E-state index is -3.04. The zero-order chi connectivity index (χ0) is 26.2. The number of nitrogens with one attached hydrogen (secondary N) is 2. The first-order valence-electron chi connectivity index (χ1n) is 11.3. The van der Waals surface area contributed by atoms with Gasteiger partial charge >= 0.3 is 5.97 Å². The lowest BCUT2D eigenvalue weighted by molar-refractivity contribution is -0.143. The maximum atomic E-state index is 12.8. The summed E-state index contributed by atoms with van der Waals surface area (Å²) >= 11 is 0. The first kappa shape index (κ1) is 28.0. The predicted molar refractivity (Wildman–Crippen MR) is 137 cm³/mol. The molecule has 0 saturated carbocycles. The highest BCUT2D eigenvalue weighted by Crippen LogP contribution is 2.36. The number of aliphatic hydroxyl groups is 1. The Balaban J connectivity index is 2.42. The van der Waals surface area contributed by atoms with E-state index in [0.29, 0.717) is 0 Å². The van der Waals surface area contributed by atoms with Crippen molar-refractivity contribution in [2.24, 2.45) is 0 Å². The van der Waals surface area contributed by atoms with Gasteiger partial charge in [0.2, 0.25) is 11.8 Å². The highest BCUT2D eigenvalue weighted by atomic mass is 28.4. The van der Waals surface area contributed by atoms with Crippen LogP contribution in [0.15, 0.2) is 73.3 Å². The average molecular weight is 499 g/mol. The second-order valence-corrected chi connectivity index (χ2v) is 13.6. The van der Waals surface area contributed by atoms with Crippen LogP contribution in [0.3, 0.4) is 0 Å². The molecule has 35 heavy (non-hydrogen) atoms. The third-order valence-corrected chi connectivity index (χ3v) is 10.8. The van der Waals surface area contributed by atoms with E-state index < -0.39 is 44.3 Å². The van der Waals surface area contributed by atoms with Crippen molar-refractivity contribution < 1.29 is 29.0 Å². The van der Waals surface area contributed by atoms with Crippen molar-refractivity contribution in [3.63, 3.8) is 0 Å². The highest BCUT2D eigenvalue weighted by molar-refractivity contribution is 6.99. The maximum Gasteiger partial charge on any atom is 0.328 e. The first-order chi connectivity index (χ1) is 16.4. The lowest BCUT2D eigenvalue weighted by atomic mass is 10.1. The number of aliphatic carboxylic acids is 1. The molecule has 2 rings (SSSR count). The van der Waals surface area contributed by atoms with Crippen LogP contribution in [0.2, 0.25) is 5.04 Å². The Kier molecular flexibility index (Phi) is 9.53. The Hall–Kier alpha value is -3.27. The second-order valence-electron chi connectivity index (χ2n) is 9.30. The van der Waals surface area contributed by atoms with Crippen molar-refractivity contribution in [3.05, 3.63) is 73.3 Å². The smallest absolute Gasteiger partial charge is 0.328 e. The normalized spacial score (nSPS) is 14.3. The molecule has 1 unspecified atom stereocenters. The zero-order valence-electron chi connectivity index (χ0n) is 20.5. The number of carboxylic acids is 1. The molecule has 0 spiro atoms. The molecule has 0 radical (unpaired) electrons. The Morgan fingerprint density at radius 1 is 1.00 bits per heavy atom. The largest absolute Gasteiger partial charge is 0.480 e. The summed E-state index contributed by atoms with van der Waals surface area (Å²) in [6.07, 6.45) is -0.297. The number of carboxylic acid groups (broad SMARTS) is 1. The summed E-state index contributed by atoms with van der Waals surface area (Å²) in [6.45, 7) is 10.5. The van der Waals surface area contributed by atoms with Gasteiger partial charge in [-0.15, -0.1) is 0 Å². The number of rotatable bonds is 11. The minimum absolute atomic E-state index is 0.309. The van der Waals surface area contributed by atoms with Gasteiger partial charge in [-0.3, -0.25) is 9.59 Å². The van der Waals surface area contributed by atoms with Gasteiger partial charge in [-0.2, -0.15) is 0 Å². The lowest BCUT2D eigenvalue weighted by Gasteiger charge is -2.43. The zero-order valence-corrected chi connectivity index (χ0v) is 21.5. The first-order valence-corrected chi connectivity index (χ1v) is 13.2. The standard InChI is InChI=1S/C26H34N2O6Si/c1-6-22(30)28-23(18(2)29)24(31)27-21(25(32)33)17-34-35(26(3,4)5,19-13-9-7-10-14-19)20-15-11-8-12-16-20/h6-16,18,21,23,29H,1,17H2,2-5H3,(H,27,31)(H,28,30)(H,32,33)/t18-,21?,23+/m1/s1. The van der Waals surface area contributed by atoms with Crippen LogP contribution >= 0.6 is 0 Å². The lowest BCUT2D eigenvalue weighted by Crippen LogP contribution is -2.68. The fourth-order valence-corrected chi connectivity index (χ4v) is 8.60. The molecule has 4 N–H and O–H groups in total. The SMILES string of the molecule is C=CC(=O)N[C@H](C(=O)NC(CO[Si](c1ccccc1)(c1ccccc1)C(C)(C)C)C(=O)O)[C@@H](C)O. The Bertz CT molecular complexity index is 982. The monoisotopic (exact) mass is 498 g/mol. The van der Waals surface area contributed by atoms with Crippen LogP contribution in [-0.2, 0) is 18.8 Å². The molecule has 0 bridgehead atoms. The van der Waals surface area contributed by atoms with E-state index >= 15 is 0 Å². The van der Waals surface area contributed by atoms with Crippen LogP contribution in [0.5, 0.6) is 0 Å². The van der Waals surface area contributed by atoms with Crippen molar-refractivity contribution in [1.29, 1.82) is 0 Å². The van der Waals surface area contributed by atoms with Gasteiger partial charge in [0.1, 0.15) is 12.1 Å². The van der Waals surface area contributed by atoms with Crippen LogP contribution in [0.25, 0.3) is 0 Å². The van der Waals surface area contributed by atoms with Crippen molar-refractivity contribution in [1.82, 2.24) is 10.6 Å². The van der Waals surface area contributed by atoms with E-state index in [-0.39, 0.29) is 11.6 Å². The Morgan fingerprint density at radius 3 is 1.86 bits per heavy atom. The van der Waals surface area contributed by atoms with Gasteiger partial charge in [0.15, 0.2) is 0 Å². The van der Waals surface area contributed by atoms with Gasteiger partial charge in [-0.25, -0.2) is 4.79 Å². The molecule has 2 aromatic carbocycles. The molecule has 2 aromatic rings. The van der Waals surface area contributed by atoms with Crippen molar-refractivity contribution >= 4 is 36.5 Å². The highest BCUT2D eigenvalue weighted by Gasteiger charge is 2.50. The maximum absolute atomic E-state index is 12.8. The van der Waals surface area contributed by atoms with Crippen LogP contribution in [0.1, 0.15) is 27.7 Å². The van der Waals surface area contributed by atoms with Crippen LogP contribution in [-0.4, -0.2) is 61.1 Å². The quantitative estimate of drug-likeness (QED) is 0.272. The molecule has 3 atom stereocenters. The topological polar surface area (TPSA) is 125 Å². The van der Waals surface area contributed by atoms with Crippen LogP contribution in [0, 0.1) is 0 Å². The number of carbonyl (C=O) groups is 3. The Labute approximate surface area is 207 Å². The van der Waals surface area contributed by atoms with Crippen LogP contribution < -0.4 is 21.0 Å². The van der Waals surface area contributed by atoms with E-state index in [9.17, 15) is 24.6 Å². The molecule has 0 fully saturated rings. The number of aliphatic hydroxyl groups excluding tert-OH is 1. The molecule has 0 aromatic heterocycles. The predicted octanol–water partition coefficient (Wildman–Crippen LogP) is 1.18. The van der Waals surface area contributed by atoms with Gasteiger partial charge in [-0.05, 0) is 28.4 Å². The van der Waals surface area contributed by atoms with E-state index in [0.717, 1.165) is 16.4 Å². The van der Waals surface area contributed by atoms with E-state index in [1.165, 1.54) is 6.92 Å². The minimum Gasteiger partial charge on any atom is -0.480 e. The molecule has 2 amide bonds. The Morgan fingerprint density at radius 2 is 1.49 bits per heavy atom. The summed E-state index contributed by atoms with van der Waals surface area (Å²) in [7, 11) is -3.04. The molecule has 0 aliphatic carbocycles. The number of carbonyl (C=O) groups excluding carboxylic acids is 2. The summed E-state index contributed by atoms with van der Waals surface area (Å²) in [5.41, 5.74) is 0. The van der Waals surface area contributed by atoms with E-state index in [2.05, 4.69) is 38.0 Å². The molecule has 0 heterocycles. The van der Waals surface area contributed by atoms with E-state index in [1.54, 1.807) is 0 Å². The van der Waals surface area contributed by atoms with Gasteiger partial charge in [0.25, 0.3) is 8.32 Å². The van der Waals surface area contributed by atoms with E-state index in [1.807, 2.05) is 60.7 Å².